The van der Waals surface area contributed by atoms with Crippen LogP contribution in [0.3, 0.4) is 0 Å². The first-order chi connectivity index (χ1) is 16.7. The number of aliphatic hydroxyl groups excluding tert-OH is 2. The van der Waals surface area contributed by atoms with Gasteiger partial charge in [-0.25, -0.2) is 0 Å². The number of ketones is 2. The maximum Gasteiger partial charge on any atom is 0.192 e. The Labute approximate surface area is 205 Å². The number of allylic oxidation sites excluding steroid dienone is 4. The lowest BCUT2D eigenvalue weighted by atomic mass is 9.47. The zero-order valence-corrected chi connectivity index (χ0v) is 20.4. The van der Waals surface area contributed by atoms with Crippen LogP contribution in [0.15, 0.2) is 48.3 Å². The molecule has 8 atom stereocenters. The van der Waals surface area contributed by atoms with Crippen molar-refractivity contribution < 1.29 is 24.6 Å². The number of fused-ring (bicyclic) bond motifs is 7. The number of hydrogen-bond donors (Lipinski definition) is 2. The van der Waals surface area contributed by atoms with Crippen LogP contribution in [0.1, 0.15) is 45.1 Å². The van der Waals surface area contributed by atoms with Gasteiger partial charge in [0, 0.05) is 48.0 Å². The van der Waals surface area contributed by atoms with Gasteiger partial charge < -0.3 is 10.2 Å². The van der Waals surface area contributed by atoms with E-state index in [2.05, 4.69) is 24.9 Å². The van der Waals surface area contributed by atoms with Gasteiger partial charge in [-0.2, -0.15) is 5.06 Å². The summed E-state index contributed by atoms with van der Waals surface area (Å²) in [6.07, 6.45) is 11.3. The van der Waals surface area contributed by atoms with E-state index in [4.69, 9.17) is 4.84 Å². The van der Waals surface area contributed by atoms with Gasteiger partial charge in [0.05, 0.1) is 12.6 Å². The maximum atomic E-state index is 13.5. The molecule has 186 valence electrons. The van der Waals surface area contributed by atoms with E-state index >= 15 is 0 Å². The number of aliphatic hydroxyl groups is 2. The Balaban J connectivity index is 1.36. The van der Waals surface area contributed by atoms with E-state index in [0.29, 0.717) is 25.9 Å². The van der Waals surface area contributed by atoms with Gasteiger partial charge in [0.1, 0.15) is 6.61 Å². The number of rotatable bonds is 4. The summed E-state index contributed by atoms with van der Waals surface area (Å²) in [6, 6.07) is 3.87. The third-order valence-corrected chi connectivity index (χ3v) is 10.1. The lowest BCUT2D eigenvalue weighted by Crippen LogP contribution is -2.63. The molecular weight excluding hydrogens is 444 g/mol. The van der Waals surface area contributed by atoms with Crippen LogP contribution < -0.4 is 0 Å². The summed E-state index contributed by atoms with van der Waals surface area (Å²) in [5, 5.41) is 23.6. The minimum Gasteiger partial charge on any atom is -0.393 e. The molecule has 7 heteroatoms. The van der Waals surface area contributed by atoms with E-state index in [1.54, 1.807) is 18.5 Å². The van der Waals surface area contributed by atoms with Crippen molar-refractivity contribution in [1.82, 2.24) is 10.0 Å². The average molecular weight is 479 g/mol. The Bertz CT molecular complexity index is 1120. The predicted octanol–water partition coefficient (Wildman–Crippen LogP) is 2.63. The van der Waals surface area contributed by atoms with Crippen molar-refractivity contribution in [3.63, 3.8) is 0 Å². The minimum absolute atomic E-state index is 0.00322. The molecule has 0 amide bonds. The van der Waals surface area contributed by atoms with Gasteiger partial charge in [0.25, 0.3) is 0 Å². The lowest BCUT2D eigenvalue weighted by Gasteiger charge is -2.59. The van der Waals surface area contributed by atoms with Crippen LogP contribution >= 0.6 is 0 Å². The second-order valence-electron chi connectivity index (χ2n) is 11.7. The fraction of sp³-hybridized carbons (Fsp3) is 0.607. The molecule has 2 heterocycles. The van der Waals surface area contributed by atoms with E-state index in [9.17, 15) is 19.8 Å². The molecule has 1 aliphatic heterocycles. The molecule has 7 nitrogen and oxygen atoms in total. The fourth-order valence-corrected chi connectivity index (χ4v) is 8.76. The number of Topliss-reactive ketones (excluding diaryl/α,β-unsaturated/α-hetero) is 1. The summed E-state index contributed by atoms with van der Waals surface area (Å²) >= 11 is 0. The highest BCUT2D eigenvalue weighted by atomic mass is 16.7. The first-order valence-electron chi connectivity index (χ1n) is 12.8. The Hall–Kier alpha value is -2.19. The van der Waals surface area contributed by atoms with Gasteiger partial charge in [-0.1, -0.05) is 37.6 Å². The summed E-state index contributed by atoms with van der Waals surface area (Å²) in [5.74, 6) is 0.135. The summed E-state index contributed by atoms with van der Waals surface area (Å²) in [6.45, 7) is 4.80. The highest BCUT2D eigenvalue weighted by Crippen LogP contribution is 2.70. The molecule has 1 aromatic heterocycles. The molecule has 2 N–H and O–H groups in total. The van der Waals surface area contributed by atoms with E-state index in [1.807, 2.05) is 23.3 Å². The summed E-state index contributed by atoms with van der Waals surface area (Å²) in [4.78, 5) is 36.4. The monoisotopic (exact) mass is 478 g/mol. The van der Waals surface area contributed by atoms with Crippen LogP contribution in [0, 0.1) is 34.5 Å². The highest BCUT2D eigenvalue weighted by molar-refractivity contribution is 5.93. The van der Waals surface area contributed by atoms with Crippen LogP contribution in [0.5, 0.6) is 0 Å². The normalized spacial score (nSPS) is 44.3. The summed E-state index contributed by atoms with van der Waals surface area (Å²) in [5.41, 5.74) is 0.0196. The number of carbonyl (C=O) groups excluding carboxylic acids is 2. The van der Waals surface area contributed by atoms with Crippen LogP contribution in [0.25, 0.3) is 0 Å². The standard InChI is InChI=1S/C28H34N2O5/c1-26-8-7-20(32)10-18(26)5-6-21-22-11-19-15-30(14-17-4-3-9-29-13-17)35-28(19,24(34)16-31)27(22,2)12-23(33)25(21)26/h3-5,7-9,13,19,21-23,25,31,33H,6,10-12,14-16H2,1-2H3/t19-,21-,22-,23-,25+,26-,27-,28-/m0/s1. The quantitative estimate of drug-likeness (QED) is 0.642. The zero-order valence-electron chi connectivity index (χ0n) is 20.4. The molecular formula is C28H34N2O5. The van der Waals surface area contributed by atoms with Crippen molar-refractivity contribution in [2.24, 2.45) is 34.5 Å². The Morgan fingerprint density at radius 2 is 2.17 bits per heavy atom. The average Bonchev–Trinajstić information content (AvgIpc) is 3.31. The Kier molecular flexibility index (Phi) is 5.24. The first kappa shape index (κ1) is 23.2. The van der Waals surface area contributed by atoms with Crippen molar-refractivity contribution in [3.8, 4) is 0 Å². The molecule has 1 aromatic rings. The van der Waals surface area contributed by atoms with Crippen molar-refractivity contribution in [2.45, 2.75) is 57.8 Å². The zero-order chi connectivity index (χ0) is 24.6. The van der Waals surface area contributed by atoms with Crippen molar-refractivity contribution in [3.05, 3.63) is 53.9 Å². The molecule has 1 saturated heterocycles. The summed E-state index contributed by atoms with van der Waals surface area (Å²) in [7, 11) is 0. The van der Waals surface area contributed by atoms with Gasteiger partial charge in [-0.15, -0.1) is 0 Å². The largest absolute Gasteiger partial charge is 0.393 e. The van der Waals surface area contributed by atoms with Gasteiger partial charge in [0.15, 0.2) is 17.2 Å². The smallest absolute Gasteiger partial charge is 0.192 e. The van der Waals surface area contributed by atoms with Crippen LogP contribution in [0.2, 0.25) is 0 Å². The van der Waals surface area contributed by atoms with Gasteiger partial charge in [-0.05, 0) is 48.8 Å². The van der Waals surface area contributed by atoms with Crippen LogP contribution in [-0.4, -0.2) is 56.7 Å². The maximum absolute atomic E-state index is 13.5. The topological polar surface area (TPSA) is 100.0 Å². The summed E-state index contributed by atoms with van der Waals surface area (Å²) < 4.78 is 0. The number of hydrogen-bond acceptors (Lipinski definition) is 7. The van der Waals surface area contributed by atoms with E-state index < -0.39 is 23.7 Å². The number of aromatic nitrogens is 1. The molecule has 5 aliphatic rings. The second kappa shape index (κ2) is 7.90. The van der Waals surface area contributed by atoms with E-state index in [1.165, 1.54) is 0 Å². The minimum atomic E-state index is -1.15. The fourth-order valence-electron chi connectivity index (χ4n) is 8.76. The number of nitrogens with zero attached hydrogens (tertiary/aromatic N) is 2. The molecule has 4 aliphatic carbocycles. The van der Waals surface area contributed by atoms with E-state index in [-0.39, 0.29) is 40.7 Å². The SMILES string of the molecule is C[C@]12C=CC(=O)CC1=CC[C@@H]1[C@@H]2[C@@H](O)C[C@@]2(C)[C@H]1C[C@H]1CN(Cc3cccnc3)O[C@]12C(=O)CO. The molecule has 2 saturated carbocycles. The van der Waals surface area contributed by atoms with Crippen molar-refractivity contribution >= 4 is 11.6 Å². The Morgan fingerprint density at radius 3 is 2.91 bits per heavy atom. The molecule has 0 aromatic carbocycles. The lowest BCUT2D eigenvalue weighted by molar-refractivity contribution is -0.253. The van der Waals surface area contributed by atoms with Gasteiger partial charge in [-0.3, -0.25) is 19.4 Å². The molecule has 0 radical (unpaired) electrons. The molecule has 0 unspecified atom stereocenters. The van der Waals surface area contributed by atoms with Crippen LogP contribution in [-0.2, 0) is 21.0 Å². The van der Waals surface area contributed by atoms with Crippen LogP contribution in [0.4, 0.5) is 0 Å². The first-order valence-corrected chi connectivity index (χ1v) is 12.8. The number of carbonyl (C=O) groups is 2. The van der Waals surface area contributed by atoms with Gasteiger partial charge in [0.2, 0.25) is 0 Å². The predicted molar refractivity (Wildman–Crippen MR) is 127 cm³/mol. The third-order valence-electron chi connectivity index (χ3n) is 10.1. The second-order valence-corrected chi connectivity index (χ2v) is 11.7. The molecule has 0 bridgehead atoms. The third kappa shape index (κ3) is 3.08. The van der Waals surface area contributed by atoms with Gasteiger partial charge >= 0.3 is 0 Å². The van der Waals surface area contributed by atoms with Crippen molar-refractivity contribution in [1.29, 1.82) is 0 Å². The highest BCUT2D eigenvalue weighted by Gasteiger charge is 2.74. The molecule has 35 heavy (non-hydrogen) atoms. The molecule has 3 fully saturated rings. The molecule has 0 spiro atoms. The Morgan fingerprint density at radius 1 is 1.34 bits per heavy atom. The van der Waals surface area contributed by atoms with E-state index in [0.717, 1.165) is 24.0 Å². The number of pyridine rings is 1. The molecule has 6 rings (SSSR count). The number of hydroxylamine groups is 2. The van der Waals surface area contributed by atoms with Crippen molar-refractivity contribution in [2.75, 3.05) is 13.2 Å².